The average Bonchev–Trinajstić information content (AvgIpc) is 2.90. The van der Waals surface area contributed by atoms with E-state index < -0.39 is 0 Å². The van der Waals surface area contributed by atoms with Gasteiger partial charge in [0.2, 0.25) is 0 Å². The number of aryl methyl sites for hydroxylation is 1. The predicted octanol–water partition coefficient (Wildman–Crippen LogP) is 4.92. The number of halogens is 1. The molecule has 1 amide bonds. The van der Waals surface area contributed by atoms with E-state index in [1.807, 2.05) is 67.6 Å². The van der Waals surface area contributed by atoms with Gasteiger partial charge >= 0.3 is 0 Å². The van der Waals surface area contributed by atoms with Crippen molar-refractivity contribution in [3.63, 3.8) is 0 Å². The van der Waals surface area contributed by atoms with Gasteiger partial charge in [0.1, 0.15) is 12.0 Å². The van der Waals surface area contributed by atoms with Gasteiger partial charge in [-0.25, -0.2) is 4.98 Å². The number of hydrogen-bond donors (Lipinski definition) is 1. The molecule has 1 N–H and O–H groups in total. The minimum Gasteiger partial charge on any atom is -0.360 e. The SMILES string of the molecule is Cc1ccnc(N2C(=O)c3ccccc3[C@H]2Nc2ccccc2Br)c1. The van der Waals surface area contributed by atoms with E-state index in [1.54, 1.807) is 11.1 Å². The molecule has 4 rings (SSSR count). The number of anilines is 2. The maximum absolute atomic E-state index is 13.0. The molecule has 0 spiro atoms. The molecule has 3 aromatic rings. The second kappa shape index (κ2) is 6.33. The van der Waals surface area contributed by atoms with Gasteiger partial charge < -0.3 is 5.32 Å². The van der Waals surface area contributed by atoms with E-state index >= 15 is 0 Å². The summed E-state index contributed by atoms with van der Waals surface area (Å²) < 4.78 is 0.948. The third-order valence-electron chi connectivity index (χ3n) is 4.28. The van der Waals surface area contributed by atoms with Gasteiger partial charge in [-0.1, -0.05) is 30.3 Å². The maximum Gasteiger partial charge on any atom is 0.261 e. The molecule has 0 unspecified atom stereocenters. The fraction of sp³-hybridized carbons (Fsp3) is 0.100. The highest BCUT2D eigenvalue weighted by atomic mass is 79.9. The number of amides is 1. The largest absolute Gasteiger partial charge is 0.360 e. The van der Waals surface area contributed by atoms with Crippen molar-refractivity contribution in [2.24, 2.45) is 0 Å². The number of nitrogens with one attached hydrogen (secondary N) is 1. The van der Waals surface area contributed by atoms with Crippen LogP contribution in [0.2, 0.25) is 0 Å². The van der Waals surface area contributed by atoms with E-state index in [9.17, 15) is 4.79 Å². The smallest absolute Gasteiger partial charge is 0.261 e. The van der Waals surface area contributed by atoms with Gasteiger partial charge in [-0.3, -0.25) is 9.69 Å². The van der Waals surface area contributed by atoms with Crippen molar-refractivity contribution < 1.29 is 4.79 Å². The van der Waals surface area contributed by atoms with E-state index in [2.05, 4.69) is 26.2 Å². The van der Waals surface area contributed by atoms with Crippen LogP contribution in [0.5, 0.6) is 0 Å². The molecule has 0 fully saturated rings. The Hall–Kier alpha value is -2.66. The van der Waals surface area contributed by atoms with E-state index in [1.165, 1.54) is 0 Å². The first kappa shape index (κ1) is 15.8. The van der Waals surface area contributed by atoms with Crippen molar-refractivity contribution >= 4 is 33.3 Å². The Balaban J connectivity index is 1.82. The van der Waals surface area contributed by atoms with Gasteiger partial charge in [-0.15, -0.1) is 0 Å². The van der Waals surface area contributed by atoms with Crippen LogP contribution in [0.1, 0.15) is 27.7 Å². The summed E-state index contributed by atoms with van der Waals surface area (Å²) in [5.74, 6) is 0.601. The molecule has 1 aromatic heterocycles. The summed E-state index contributed by atoms with van der Waals surface area (Å²) in [5.41, 5.74) is 3.64. The zero-order valence-corrected chi connectivity index (χ0v) is 15.2. The lowest BCUT2D eigenvalue weighted by molar-refractivity contribution is 0.0992. The van der Waals surface area contributed by atoms with Gasteiger partial charge in [0, 0.05) is 21.8 Å². The van der Waals surface area contributed by atoms with Gasteiger partial charge in [-0.2, -0.15) is 0 Å². The van der Waals surface area contributed by atoms with Crippen molar-refractivity contribution in [3.8, 4) is 0 Å². The fourth-order valence-corrected chi connectivity index (χ4v) is 3.47. The Morgan fingerprint density at radius 3 is 2.64 bits per heavy atom. The van der Waals surface area contributed by atoms with Crippen LogP contribution in [-0.2, 0) is 0 Å². The van der Waals surface area contributed by atoms with Gasteiger partial charge in [-0.05, 0) is 58.7 Å². The normalized spacial score (nSPS) is 16.0. The lowest BCUT2D eigenvalue weighted by Gasteiger charge is -2.27. The molecule has 0 saturated heterocycles. The molecule has 0 radical (unpaired) electrons. The minimum atomic E-state index is -0.309. The number of carbonyl (C=O) groups excluding carboxylic acids is 1. The summed E-state index contributed by atoms with van der Waals surface area (Å²) in [7, 11) is 0. The van der Waals surface area contributed by atoms with Crippen molar-refractivity contribution in [2.45, 2.75) is 13.1 Å². The van der Waals surface area contributed by atoms with Crippen molar-refractivity contribution in [1.29, 1.82) is 0 Å². The first-order valence-electron chi connectivity index (χ1n) is 8.01. The molecule has 4 nitrogen and oxygen atoms in total. The minimum absolute atomic E-state index is 0.0433. The van der Waals surface area contributed by atoms with Crippen LogP contribution in [0.4, 0.5) is 11.5 Å². The number of fused-ring (bicyclic) bond motifs is 1. The molecule has 25 heavy (non-hydrogen) atoms. The molecular weight excluding hydrogens is 378 g/mol. The second-order valence-corrected chi connectivity index (χ2v) is 6.83. The zero-order valence-electron chi connectivity index (χ0n) is 13.6. The fourth-order valence-electron chi connectivity index (χ4n) is 3.07. The van der Waals surface area contributed by atoms with Crippen LogP contribution < -0.4 is 10.2 Å². The van der Waals surface area contributed by atoms with Crippen LogP contribution in [0.3, 0.4) is 0 Å². The van der Waals surface area contributed by atoms with Crippen molar-refractivity contribution in [1.82, 2.24) is 4.98 Å². The van der Waals surface area contributed by atoms with Crippen LogP contribution in [-0.4, -0.2) is 10.9 Å². The number of hydrogen-bond acceptors (Lipinski definition) is 3. The Kier molecular flexibility index (Phi) is 4.01. The summed E-state index contributed by atoms with van der Waals surface area (Å²) in [5, 5.41) is 3.48. The Labute approximate surface area is 154 Å². The highest BCUT2D eigenvalue weighted by Crippen LogP contribution is 2.38. The molecule has 0 aliphatic carbocycles. The van der Waals surface area contributed by atoms with Crippen LogP contribution in [0.15, 0.2) is 71.3 Å². The monoisotopic (exact) mass is 393 g/mol. The van der Waals surface area contributed by atoms with Gasteiger partial charge in [0.05, 0.1) is 5.69 Å². The molecule has 124 valence electrons. The number of nitrogens with zero attached hydrogens (tertiary/aromatic N) is 2. The summed E-state index contributed by atoms with van der Waals surface area (Å²) in [6, 6.07) is 19.4. The molecule has 2 aromatic carbocycles. The molecule has 1 aliphatic rings. The Bertz CT molecular complexity index is 957. The second-order valence-electron chi connectivity index (χ2n) is 5.98. The van der Waals surface area contributed by atoms with Crippen LogP contribution in [0.25, 0.3) is 0 Å². The summed E-state index contributed by atoms with van der Waals surface area (Å²) in [6.45, 7) is 2.00. The number of carbonyl (C=O) groups is 1. The third-order valence-corrected chi connectivity index (χ3v) is 4.97. The number of rotatable bonds is 3. The van der Waals surface area contributed by atoms with E-state index in [0.717, 1.165) is 21.3 Å². The van der Waals surface area contributed by atoms with E-state index in [-0.39, 0.29) is 12.1 Å². The standard InChI is InChI=1S/C20H16BrN3O/c1-13-10-11-22-18(12-13)24-19(23-17-9-5-4-8-16(17)21)14-6-2-3-7-15(14)20(24)25/h2-12,19,23H,1H3/t19-/m0/s1. The van der Waals surface area contributed by atoms with Gasteiger partial charge in [0.15, 0.2) is 0 Å². The number of aromatic nitrogens is 1. The topological polar surface area (TPSA) is 45.2 Å². The molecular formula is C20H16BrN3O. The average molecular weight is 394 g/mol. The maximum atomic E-state index is 13.0. The number of pyridine rings is 1. The molecule has 2 heterocycles. The third kappa shape index (κ3) is 2.81. The van der Waals surface area contributed by atoms with Crippen molar-refractivity contribution in [3.05, 3.63) is 88.0 Å². The first-order chi connectivity index (χ1) is 12.1. The summed E-state index contributed by atoms with van der Waals surface area (Å²) >= 11 is 3.56. The molecule has 1 atom stereocenters. The van der Waals surface area contributed by atoms with E-state index in [4.69, 9.17) is 0 Å². The molecule has 5 heteroatoms. The van der Waals surface area contributed by atoms with Gasteiger partial charge in [0.25, 0.3) is 5.91 Å². The van der Waals surface area contributed by atoms with Crippen LogP contribution >= 0.6 is 15.9 Å². The predicted molar refractivity (Wildman–Crippen MR) is 103 cm³/mol. The molecule has 0 bridgehead atoms. The zero-order chi connectivity index (χ0) is 17.4. The van der Waals surface area contributed by atoms with Crippen molar-refractivity contribution in [2.75, 3.05) is 10.2 Å². The summed E-state index contributed by atoms with van der Waals surface area (Å²) in [4.78, 5) is 19.2. The first-order valence-corrected chi connectivity index (χ1v) is 8.80. The summed E-state index contributed by atoms with van der Waals surface area (Å²) in [6.07, 6.45) is 1.42. The lowest BCUT2D eigenvalue weighted by atomic mass is 10.1. The molecule has 1 aliphatic heterocycles. The number of benzene rings is 2. The highest BCUT2D eigenvalue weighted by Gasteiger charge is 2.38. The number of para-hydroxylation sites is 1. The lowest BCUT2D eigenvalue weighted by Crippen LogP contribution is -2.33. The van der Waals surface area contributed by atoms with Crippen LogP contribution in [0, 0.1) is 6.92 Å². The Morgan fingerprint density at radius 2 is 1.84 bits per heavy atom. The molecule has 0 saturated carbocycles. The Morgan fingerprint density at radius 1 is 1.08 bits per heavy atom. The quantitative estimate of drug-likeness (QED) is 0.686. The highest BCUT2D eigenvalue weighted by molar-refractivity contribution is 9.10. The van der Waals surface area contributed by atoms with E-state index in [0.29, 0.717) is 11.4 Å².